The van der Waals surface area contributed by atoms with E-state index >= 15 is 0 Å². The highest BCUT2D eigenvalue weighted by Crippen LogP contribution is 2.55. The van der Waals surface area contributed by atoms with Gasteiger partial charge in [-0.2, -0.15) is 0 Å². The van der Waals surface area contributed by atoms with Crippen molar-refractivity contribution in [1.29, 1.82) is 0 Å². The van der Waals surface area contributed by atoms with Crippen LogP contribution in [0.3, 0.4) is 0 Å². The summed E-state index contributed by atoms with van der Waals surface area (Å²) in [5.41, 5.74) is 17.1. The predicted molar refractivity (Wildman–Crippen MR) is 277 cm³/mol. The lowest BCUT2D eigenvalue weighted by atomic mass is 9.79. The molecule has 0 amide bonds. The first-order valence-corrected chi connectivity index (χ1v) is 22.9. The van der Waals surface area contributed by atoms with Crippen molar-refractivity contribution in [3.8, 4) is 33.4 Å². The summed E-state index contributed by atoms with van der Waals surface area (Å²) in [5, 5.41) is 7.51. The third kappa shape index (κ3) is 6.56. The summed E-state index contributed by atoms with van der Waals surface area (Å²) >= 11 is 0. The summed E-state index contributed by atoms with van der Waals surface area (Å²) < 4.78 is 0. The van der Waals surface area contributed by atoms with Crippen LogP contribution in [0.15, 0.2) is 236 Å². The van der Waals surface area contributed by atoms with Gasteiger partial charge < -0.3 is 9.80 Å². The Morgan fingerprint density at radius 2 is 0.908 bits per heavy atom. The Bertz CT molecular complexity index is 3450. The molecule has 0 spiro atoms. The number of para-hydroxylation sites is 2. The number of rotatable bonds is 8. The Morgan fingerprint density at radius 3 is 1.57 bits per heavy atom. The van der Waals surface area contributed by atoms with Crippen molar-refractivity contribution >= 4 is 60.8 Å². The molecule has 2 heteroatoms. The first kappa shape index (κ1) is 38.7. The molecule has 0 saturated carbocycles. The molecule has 2 aliphatic carbocycles. The molecule has 0 aliphatic heterocycles. The Labute approximate surface area is 381 Å². The number of benzene rings is 10. The van der Waals surface area contributed by atoms with E-state index in [-0.39, 0.29) is 5.41 Å². The molecule has 10 aromatic rings. The second-order valence-corrected chi connectivity index (χ2v) is 18.0. The van der Waals surface area contributed by atoms with Gasteiger partial charge in [0, 0.05) is 39.5 Å². The van der Waals surface area contributed by atoms with Gasteiger partial charge in [-0.1, -0.05) is 166 Å². The molecule has 0 bridgehead atoms. The van der Waals surface area contributed by atoms with E-state index in [1.807, 2.05) is 0 Å². The lowest BCUT2D eigenvalue weighted by molar-refractivity contribution is 0.661. The molecule has 0 aromatic heterocycles. The second kappa shape index (κ2) is 15.7. The topological polar surface area (TPSA) is 6.48 Å². The van der Waals surface area contributed by atoms with Crippen molar-refractivity contribution in [2.45, 2.75) is 32.1 Å². The fourth-order valence-electron chi connectivity index (χ4n) is 10.7. The zero-order chi connectivity index (χ0) is 43.5. The van der Waals surface area contributed by atoms with E-state index in [1.54, 1.807) is 0 Å². The Kier molecular flexibility index (Phi) is 9.35. The van der Waals surface area contributed by atoms with Gasteiger partial charge in [-0.3, -0.25) is 0 Å². The highest BCUT2D eigenvalue weighted by atomic mass is 15.2. The maximum absolute atomic E-state index is 2.54. The van der Waals surface area contributed by atoms with Crippen LogP contribution >= 0.6 is 0 Å². The molecule has 0 heterocycles. The van der Waals surface area contributed by atoms with Crippen LogP contribution in [0, 0.1) is 0 Å². The lowest BCUT2D eigenvalue weighted by Crippen LogP contribution is -2.17. The van der Waals surface area contributed by atoms with Crippen molar-refractivity contribution in [1.82, 2.24) is 0 Å². The molecule has 0 radical (unpaired) electrons. The highest BCUT2D eigenvalue weighted by Gasteiger charge is 2.37. The second-order valence-electron chi connectivity index (χ2n) is 18.0. The van der Waals surface area contributed by atoms with Crippen LogP contribution in [0.4, 0.5) is 28.4 Å². The first-order chi connectivity index (χ1) is 32.0. The number of nitrogens with zero attached hydrogens (tertiary/aromatic N) is 2. The number of hydrogen-bond acceptors (Lipinski definition) is 2. The van der Waals surface area contributed by atoms with E-state index < -0.39 is 0 Å². The standard InChI is InChI=1S/C63H48N2/c1-63(2)59-40-52(64(47-26-12-5-13-27-47)48-28-14-6-15-29-48)34-36-53(59)55-41-57-58(42-60(55)63)61(44-21-8-3-9-22-44)54-37-35-51(39-56(54)62(57)45-23-10-4-11-24-45)65(49-30-16-7-17-31-49)50-33-32-43-20-18-19-25-46(43)38-50/h3-16,18-30,32-42H,17,31H2,1-2H3. The molecule has 0 atom stereocenters. The molecule has 2 aliphatic rings. The molecular formula is C63H48N2. The van der Waals surface area contributed by atoms with Crippen molar-refractivity contribution in [3.05, 3.63) is 247 Å². The van der Waals surface area contributed by atoms with E-state index in [0.717, 1.165) is 35.6 Å². The van der Waals surface area contributed by atoms with Crippen molar-refractivity contribution < 1.29 is 0 Å². The zero-order valence-electron chi connectivity index (χ0n) is 36.7. The summed E-state index contributed by atoms with van der Waals surface area (Å²) in [6, 6.07) is 78.6. The minimum atomic E-state index is -0.254. The van der Waals surface area contributed by atoms with Gasteiger partial charge in [-0.05, 0) is 169 Å². The summed E-state index contributed by atoms with van der Waals surface area (Å²) in [4.78, 5) is 4.87. The Balaban J connectivity index is 1.13. The minimum Gasteiger partial charge on any atom is -0.314 e. The lowest BCUT2D eigenvalue weighted by Gasteiger charge is -2.30. The molecule has 12 rings (SSSR count). The van der Waals surface area contributed by atoms with E-state index in [9.17, 15) is 0 Å². The monoisotopic (exact) mass is 832 g/mol. The maximum Gasteiger partial charge on any atom is 0.0465 e. The molecule has 0 saturated heterocycles. The normalized spacial score (nSPS) is 13.7. The van der Waals surface area contributed by atoms with Gasteiger partial charge in [-0.25, -0.2) is 0 Å². The number of allylic oxidation sites excluding steroid dienone is 4. The average Bonchev–Trinajstić information content (AvgIpc) is 3.58. The number of anilines is 5. The molecule has 0 N–H and O–H groups in total. The largest absolute Gasteiger partial charge is 0.314 e. The van der Waals surface area contributed by atoms with Gasteiger partial charge in [0.25, 0.3) is 0 Å². The molecule has 10 aromatic carbocycles. The Morgan fingerprint density at radius 1 is 0.385 bits per heavy atom. The number of fused-ring (bicyclic) bond motifs is 6. The van der Waals surface area contributed by atoms with Gasteiger partial charge >= 0.3 is 0 Å². The van der Waals surface area contributed by atoms with Gasteiger partial charge in [0.05, 0.1) is 0 Å². The van der Waals surface area contributed by atoms with Gasteiger partial charge in [0.2, 0.25) is 0 Å². The van der Waals surface area contributed by atoms with Crippen molar-refractivity contribution in [3.63, 3.8) is 0 Å². The zero-order valence-corrected chi connectivity index (χ0v) is 36.7. The highest BCUT2D eigenvalue weighted by molar-refractivity contribution is 6.23. The fraction of sp³-hybridized carbons (Fsp3) is 0.0794. The van der Waals surface area contributed by atoms with Crippen LogP contribution in [-0.2, 0) is 5.41 Å². The third-order valence-electron chi connectivity index (χ3n) is 13.8. The van der Waals surface area contributed by atoms with Crippen LogP contribution < -0.4 is 9.80 Å². The van der Waals surface area contributed by atoms with Crippen LogP contribution in [0.5, 0.6) is 0 Å². The van der Waals surface area contributed by atoms with E-state index in [0.29, 0.717) is 0 Å². The van der Waals surface area contributed by atoms with Gasteiger partial charge in [0.1, 0.15) is 0 Å². The van der Waals surface area contributed by atoms with Gasteiger partial charge in [-0.15, -0.1) is 0 Å². The van der Waals surface area contributed by atoms with Crippen LogP contribution in [0.2, 0.25) is 0 Å². The quantitative estimate of drug-likeness (QED) is 0.141. The smallest absolute Gasteiger partial charge is 0.0465 e. The van der Waals surface area contributed by atoms with E-state index in [4.69, 9.17) is 0 Å². The van der Waals surface area contributed by atoms with Crippen LogP contribution in [-0.4, -0.2) is 0 Å². The van der Waals surface area contributed by atoms with Gasteiger partial charge in [0.15, 0.2) is 0 Å². The molecular weight excluding hydrogens is 785 g/mol. The van der Waals surface area contributed by atoms with Crippen LogP contribution in [0.1, 0.15) is 37.8 Å². The predicted octanol–water partition coefficient (Wildman–Crippen LogP) is 17.6. The van der Waals surface area contributed by atoms with E-state index in [1.165, 1.54) is 88.2 Å². The Hall–Kier alpha value is -7.94. The minimum absolute atomic E-state index is 0.254. The van der Waals surface area contributed by atoms with Crippen molar-refractivity contribution in [2.24, 2.45) is 0 Å². The average molecular weight is 833 g/mol. The fourth-order valence-corrected chi connectivity index (χ4v) is 10.7. The summed E-state index contributed by atoms with van der Waals surface area (Å²) in [5.74, 6) is 0. The van der Waals surface area contributed by atoms with Crippen molar-refractivity contribution in [2.75, 3.05) is 9.80 Å². The summed E-state index contributed by atoms with van der Waals surface area (Å²) in [7, 11) is 0. The maximum atomic E-state index is 2.54. The molecule has 2 nitrogen and oxygen atoms in total. The summed E-state index contributed by atoms with van der Waals surface area (Å²) in [6.45, 7) is 4.82. The molecule has 0 unspecified atom stereocenters. The first-order valence-electron chi connectivity index (χ1n) is 22.9. The summed E-state index contributed by atoms with van der Waals surface area (Å²) in [6.07, 6.45) is 8.77. The SMILES string of the molecule is CC1(C)c2cc(N(c3ccccc3)c3ccccc3)ccc2-c2cc3c(-c4ccccc4)c4cc(N(C5=CC=CCC5)c5ccc6ccccc6c5)ccc4c(-c4ccccc4)c3cc21. The third-order valence-corrected chi connectivity index (χ3v) is 13.8. The molecule has 310 valence electrons. The number of hydrogen-bond donors (Lipinski definition) is 0. The molecule has 65 heavy (non-hydrogen) atoms. The molecule has 0 fully saturated rings. The van der Waals surface area contributed by atoms with Crippen LogP contribution in [0.25, 0.3) is 65.7 Å². The van der Waals surface area contributed by atoms with E-state index in [2.05, 4.69) is 254 Å².